The summed E-state index contributed by atoms with van der Waals surface area (Å²) < 4.78 is 11.8. The first-order valence-electron chi connectivity index (χ1n) is 7.14. The van der Waals surface area contributed by atoms with E-state index in [1.54, 1.807) is 0 Å². The number of hydrogen-bond donors (Lipinski definition) is 1. The molecule has 0 aromatic rings. The van der Waals surface area contributed by atoms with Crippen molar-refractivity contribution in [3.05, 3.63) is 0 Å². The number of ether oxygens (including phenoxy) is 1. The molecular weight excluding hydrogens is 260 g/mol. The number of rotatable bonds is 3. The molecule has 0 aromatic carbocycles. The summed E-state index contributed by atoms with van der Waals surface area (Å²) in [5.41, 5.74) is 0. The Morgan fingerprint density at radius 3 is 2.58 bits per heavy atom. The molecular formula is C14H26O4Si. The molecule has 0 amide bonds. The van der Waals surface area contributed by atoms with Gasteiger partial charge >= 0.3 is 5.97 Å². The van der Waals surface area contributed by atoms with Crippen molar-refractivity contribution in [1.82, 2.24) is 0 Å². The third-order valence-corrected chi connectivity index (χ3v) is 9.62. The first-order valence-corrected chi connectivity index (χ1v) is 10.0. The summed E-state index contributed by atoms with van der Waals surface area (Å²) in [6, 6.07) is 0. The fourth-order valence-electron chi connectivity index (χ4n) is 2.90. The zero-order valence-corrected chi connectivity index (χ0v) is 13.6. The van der Waals surface area contributed by atoms with Crippen LogP contribution < -0.4 is 0 Å². The van der Waals surface area contributed by atoms with Gasteiger partial charge < -0.3 is 14.3 Å². The van der Waals surface area contributed by atoms with Crippen molar-refractivity contribution in [2.24, 2.45) is 11.8 Å². The molecule has 1 aliphatic heterocycles. The van der Waals surface area contributed by atoms with Gasteiger partial charge in [-0.15, -0.1) is 0 Å². The summed E-state index contributed by atoms with van der Waals surface area (Å²) in [7, 11) is -1.84. The van der Waals surface area contributed by atoms with E-state index in [0.29, 0.717) is 6.42 Å². The molecule has 4 nitrogen and oxygen atoms in total. The number of fused-ring (bicyclic) bond motifs is 1. The van der Waals surface area contributed by atoms with E-state index in [4.69, 9.17) is 9.16 Å². The number of carbonyl (C=O) groups is 1. The number of aliphatic hydroxyl groups excluding tert-OH is 1. The van der Waals surface area contributed by atoms with Gasteiger partial charge in [0.15, 0.2) is 8.32 Å². The molecule has 0 unspecified atom stereocenters. The third kappa shape index (κ3) is 2.73. The average Bonchev–Trinajstić information content (AvgIpc) is 2.70. The van der Waals surface area contributed by atoms with Crippen LogP contribution in [-0.4, -0.2) is 38.2 Å². The van der Waals surface area contributed by atoms with Gasteiger partial charge in [0.05, 0.1) is 12.5 Å². The fraction of sp³-hybridized carbons (Fsp3) is 0.929. The van der Waals surface area contributed by atoms with Crippen molar-refractivity contribution in [2.45, 2.75) is 64.0 Å². The molecule has 0 bridgehead atoms. The molecule has 1 heterocycles. The van der Waals surface area contributed by atoms with Gasteiger partial charge in [-0.05, 0) is 18.1 Å². The SMILES string of the molecule is CC(C)(C)[Si](C)(C)O[C@@H]1C[C@@H]2OC(=O)C[C@@H]2[C@H]1CO. The molecule has 2 rings (SSSR count). The highest BCUT2D eigenvalue weighted by atomic mass is 28.4. The molecule has 1 saturated heterocycles. The molecule has 1 saturated carbocycles. The summed E-state index contributed by atoms with van der Waals surface area (Å²) in [5, 5.41) is 9.79. The van der Waals surface area contributed by atoms with E-state index in [1.807, 2.05) is 0 Å². The molecule has 0 aromatic heterocycles. The van der Waals surface area contributed by atoms with Crippen molar-refractivity contribution in [3.8, 4) is 0 Å². The summed E-state index contributed by atoms with van der Waals surface area (Å²) in [5.74, 6) is 0.0667. The van der Waals surface area contributed by atoms with E-state index in [-0.39, 0.29) is 41.7 Å². The van der Waals surface area contributed by atoms with Gasteiger partial charge in [-0.1, -0.05) is 20.8 Å². The van der Waals surface area contributed by atoms with Crippen LogP contribution in [0.4, 0.5) is 0 Å². The molecule has 0 radical (unpaired) electrons. The summed E-state index contributed by atoms with van der Waals surface area (Å²) in [6.45, 7) is 11.2. The number of hydrogen-bond acceptors (Lipinski definition) is 4. The highest BCUT2D eigenvalue weighted by molar-refractivity contribution is 6.74. The smallest absolute Gasteiger partial charge is 0.306 e. The molecule has 4 atom stereocenters. The van der Waals surface area contributed by atoms with Crippen LogP contribution in [-0.2, 0) is 14.0 Å². The fourth-order valence-corrected chi connectivity index (χ4v) is 4.28. The second-order valence-corrected chi connectivity index (χ2v) is 12.2. The quantitative estimate of drug-likeness (QED) is 0.639. The second-order valence-electron chi connectivity index (χ2n) is 7.40. The van der Waals surface area contributed by atoms with E-state index in [2.05, 4.69) is 33.9 Å². The van der Waals surface area contributed by atoms with Crippen molar-refractivity contribution in [1.29, 1.82) is 0 Å². The lowest BCUT2D eigenvalue weighted by Crippen LogP contribution is -2.45. The van der Waals surface area contributed by atoms with E-state index < -0.39 is 8.32 Å². The summed E-state index contributed by atoms with van der Waals surface area (Å²) in [4.78, 5) is 11.3. The predicted octanol–water partition coefficient (Wildman–Crippen LogP) is 2.32. The van der Waals surface area contributed by atoms with Gasteiger partial charge in [0.25, 0.3) is 0 Å². The maximum absolute atomic E-state index is 11.3. The molecule has 1 aliphatic carbocycles. The van der Waals surface area contributed by atoms with Gasteiger partial charge in [-0.3, -0.25) is 4.79 Å². The van der Waals surface area contributed by atoms with Crippen molar-refractivity contribution in [2.75, 3.05) is 6.61 Å². The Kier molecular flexibility index (Phi) is 3.84. The maximum atomic E-state index is 11.3. The largest absolute Gasteiger partial charge is 0.462 e. The van der Waals surface area contributed by atoms with Gasteiger partial charge in [-0.2, -0.15) is 0 Å². The van der Waals surface area contributed by atoms with Crippen LogP contribution in [0.25, 0.3) is 0 Å². The maximum Gasteiger partial charge on any atom is 0.306 e. The molecule has 1 N–H and O–H groups in total. The van der Waals surface area contributed by atoms with Gasteiger partial charge in [0.2, 0.25) is 0 Å². The van der Waals surface area contributed by atoms with Crippen LogP contribution in [0.3, 0.4) is 0 Å². The minimum atomic E-state index is -1.84. The molecule has 19 heavy (non-hydrogen) atoms. The Morgan fingerprint density at radius 1 is 1.42 bits per heavy atom. The van der Waals surface area contributed by atoms with Crippen LogP contribution in [0, 0.1) is 11.8 Å². The van der Waals surface area contributed by atoms with E-state index >= 15 is 0 Å². The van der Waals surface area contributed by atoms with E-state index in [1.165, 1.54) is 0 Å². The Bertz CT molecular complexity index is 361. The lowest BCUT2D eigenvalue weighted by Gasteiger charge is -2.40. The first-order chi connectivity index (χ1) is 8.65. The zero-order chi connectivity index (χ0) is 14.4. The minimum Gasteiger partial charge on any atom is -0.462 e. The van der Waals surface area contributed by atoms with Crippen LogP contribution >= 0.6 is 0 Å². The number of esters is 1. The summed E-state index contributed by atoms with van der Waals surface area (Å²) in [6.07, 6.45) is 1.18. The van der Waals surface area contributed by atoms with Crippen LogP contribution in [0.5, 0.6) is 0 Å². The van der Waals surface area contributed by atoms with Crippen molar-refractivity contribution in [3.63, 3.8) is 0 Å². The molecule has 110 valence electrons. The lowest BCUT2D eigenvalue weighted by molar-refractivity contribution is -0.141. The monoisotopic (exact) mass is 286 g/mol. The van der Waals surface area contributed by atoms with Crippen LogP contribution in [0.15, 0.2) is 0 Å². The zero-order valence-electron chi connectivity index (χ0n) is 12.6. The number of carbonyl (C=O) groups excluding carboxylic acids is 1. The highest BCUT2D eigenvalue weighted by Crippen LogP contribution is 2.46. The van der Waals surface area contributed by atoms with E-state index in [0.717, 1.165) is 6.42 Å². The van der Waals surface area contributed by atoms with Crippen molar-refractivity contribution < 1.29 is 19.1 Å². The van der Waals surface area contributed by atoms with E-state index in [9.17, 15) is 9.90 Å². The minimum absolute atomic E-state index is 0.0361. The summed E-state index contributed by atoms with van der Waals surface area (Å²) >= 11 is 0. The molecule has 5 heteroatoms. The third-order valence-electron chi connectivity index (χ3n) is 5.12. The predicted molar refractivity (Wildman–Crippen MR) is 75.2 cm³/mol. The second kappa shape index (κ2) is 4.86. The topological polar surface area (TPSA) is 55.8 Å². The standard InChI is InChI=1S/C14H26O4Si/c1-14(2,3)19(4,5)18-12-7-11-9(10(12)8-15)6-13(16)17-11/h9-12,15H,6-8H2,1-5H3/t9-,10-,11+,12-/m1/s1. The van der Waals surface area contributed by atoms with Crippen LogP contribution in [0.2, 0.25) is 18.1 Å². The molecule has 2 aliphatic rings. The number of aliphatic hydroxyl groups is 1. The average molecular weight is 286 g/mol. The normalized spacial score (nSPS) is 35.4. The van der Waals surface area contributed by atoms with Gasteiger partial charge in [0, 0.05) is 24.9 Å². The Labute approximate surface area is 116 Å². The Hall–Kier alpha value is -0.393. The highest BCUT2D eigenvalue weighted by Gasteiger charge is 2.52. The molecule has 0 spiro atoms. The van der Waals surface area contributed by atoms with Gasteiger partial charge in [0.1, 0.15) is 6.10 Å². The Morgan fingerprint density at radius 2 is 2.05 bits per heavy atom. The van der Waals surface area contributed by atoms with Crippen molar-refractivity contribution >= 4 is 14.3 Å². The molecule has 2 fully saturated rings. The Balaban J connectivity index is 2.08. The van der Waals surface area contributed by atoms with Gasteiger partial charge in [-0.25, -0.2) is 0 Å². The first kappa shape index (κ1) is 15.0. The lowest BCUT2D eigenvalue weighted by atomic mass is 9.93. The van der Waals surface area contributed by atoms with Crippen LogP contribution in [0.1, 0.15) is 33.6 Å².